The van der Waals surface area contributed by atoms with E-state index >= 15 is 0 Å². The van der Waals surface area contributed by atoms with Crippen LogP contribution in [0.3, 0.4) is 0 Å². The summed E-state index contributed by atoms with van der Waals surface area (Å²) in [6, 6.07) is 9.97. The smallest absolute Gasteiger partial charge is 0.161 e. The van der Waals surface area contributed by atoms with Gasteiger partial charge < -0.3 is 4.90 Å². The number of hydrogen-bond acceptors (Lipinski definition) is 3. The molecule has 0 aliphatic carbocycles. The number of carbonyl (C=O) groups excluding carboxylic acids is 1. The van der Waals surface area contributed by atoms with Crippen LogP contribution in [-0.4, -0.2) is 18.4 Å². The first kappa shape index (κ1) is 13.2. The van der Waals surface area contributed by atoms with Crippen molar-refractivity contribution < 1.29 is 4.79 Å². The van der Waals surface area contributed by atoms with Gasteiger partial charge in [0.1, 0.15) is 0 Å². The molecule has 0 radical (unpaired) electrons. The van der Waals surface area contributed by atoms with Crippen molar-refractivity contribution in [3.8, 4) is 6.07 Å². The molecule has 0 aliphatic rings. The summed E-state index contributed by atoms with van der Waals surface area (Å²) >= 11 is 0. The van der Waals surface area contributed by atoms with Gasteiger partial charge in [0.15, 0.2) is 5.78 Å². The Labute approximate surface area is 103 Å². The van der Waals surface area contributed by atoms with Crippen molar-refractivity contribution in [1.29, 1.82) is 5.26 Å². The van der Waals surface area contributed by atoms with Crippen LogP contribution in [0.25, 0.3) is 0 Å². The van der Waals surface area contributed by atoms with Crippen molar-refractivity contribution in [3.63, 3.8) is 0 Å². The monoisotopic (exact) mass is 230 g/mol. The number of nitriles is 1. The lowest BCUT2D eigenvalue weighted by Crippen LogP contribution is -2.32. The van der Waals surface area contributed by atoms with E-state index in [-0.39, 0.29) is 11.8 Å². The number of carbonyl (C=O) groups is 1. The lowest BCUT2D eigenvalue weighted by molar-refractivity contribution is 0.101. The zero-order valence-electron chi connectivity index (χ0n) is 10.6. The lowest BCUT2D eigenvalue weighted by atomic mass is 10.1. The lowest BCUT2D eigenvalue weighted by Gasteiger charge is -2.29. The Morgan fingerprint density at radius 1 is 1.41 bits per heavy atom. The van der Waals surface area contributed by atoms with Crippen LogP contribution in [0.1, 0.15) is 37.6 Å². The zero-order valence-corrected chi connectivity index (χ0v) is 10.6. The van der Waals surface area contributed by atoms with E-state index in [2.05, 4.69) is 24.8 Å². The van der Waals surface area contributed by atoms with E-state index in [9.17, 15) is 4.79 Å². The largest absolute Gasteiger partial charge is 0.367 e. The minimum absolute atomic E-state index is 0.0585. The Morgan fingerprint density at radius 2 is 2.06 bits per heavy atom. The fraction of sp³-hybridized carbons (Fsp3) is 0.429. The minimum Gasteiger partial charge on any atom is -0.367 e. The van der Waals surface area contributed by atoms with E-state index in [0.29, 0.717) is 13.0 Å². The molecule has 90 valence electrons. The van der Waals surface area contributed by atoms with Gasteiger partial charge in [0.05, 0.1) is 12.5 Å². The van der Waals surface area contributed by atoms with Gasteiger partial charge in [-0.1, -0.05) is 12.1 Å². The molecule has 0 heterocycles. The molecule has 0 aromatic heterocycles. The van der Waals surface area contributed by atoms with Gasteiger partial charge in [0, 0.05) is 23.8 Å². The number of benzene rings is 1. The predicted molar refractivity (Wildman–Crippen MR) is 69.2 cm³/mol. The van der Waals surface area contributed by atoms with Crippen LogP contribution in [0.5, 0.6) is 0 Å². The Morgan fingerprint density at radius 3 is 2.59 bits per heavy atom. The Hall–Kier alpha value is -1.82. The second-order valence-corrected chi connectivity index (χ2v) is 4.27. The molecule has 0 saturated heterocycles. The van der Waals surface area contributed by atoms with Crippen molar-refractivity contribution >= 4 is 11.5 Å². The van der Waals surface area contributed by atoms with Gasteiger partial charge in [0.2, 0.25) is 0 Å². The van der Waals surface area contributed by atoms with Crippen LogP contribution < -0.4 is 4.90 Å². The van der Waals surface area contributed by atoms with Gasteiger partial charge in [-0.3, -0.25) is 4.79 Å². The predicted octanol–water partition coefficient (Wildman–Crippen LogP) is 3.02. The molecule has 0 amide bonds. The molecule has 0 saturated carbocycles. The van der Waals surface area contributed by atoms with Gasteiger partial charge in [0.25, 0.3) is 0 Å². The molecule has 0 aliphatic heterocycles. The van der Waals surface area contributed by atoms with Crippen molar-refractivity contribution in [2.24, 2.45) is 0 Å². The highest BCUT2D eigenvalue weighted by atomic mass is 16.1. The van der Waals surface area contributed by atoms with Crippen molar-refractivity contribution in [1.82, 2.24) is 0 Å². The molecule has 3 nitrogen and oxygen atoms in total. The van der Waals surface area contributed by atoms with Gasteiger partial charge in [-0.2, -0.15) is 5.26 Å². The van der Waals surface area contributed by atoms with Crippen LogP contribution in [0, 0.1) is 11.3 Å². The van der Waals surface area contributed by atoms with Crippen LogP contribution in [-0.2, 0) is 0 Å². The van der Waals surface area contributed by atoms with Crippen molar-refractivity contribution in [3.05, 3.63) is 29.8 Å². The first-order valence-corrected chi connectivity index (χ1v) is 5.81. The van der Waals surface area contributed by atoms with Crippen LogP contribution in [0.4, 0.5) is 5.69 Å². The van der Waals surface area contributed by atoms with E-state index < -0.39 is 0 Å². The number of para-hydroxylation sites is 1. The standard InChI is InChI=1S/C14H18N2O/c1-11(2)16(10-6-9-15)14-8-5-4-7-13(14)12(3)17/h4-5,7-8,11H,6,10H2,1-3H3. The van der Waals surface area contributed by atoms with E-state index in [1.165, 1.54) is 0 Å². The van der Waals surface area contributed by atoms with E-state index in [0.717, 1.165) is 11.3 Å². The zero-order chi connectivity index (χ0) is 12.8. The quantitative estimate of drug-likeness (QED) is 0.730. The SMILES string of the molecule is CC(=O)c1ccccc1N(CCC#N)C(C)C. The third-order valence-corrected chi connectivity index (χ3v) is 2.68. The van der Waals surface area contributed by atoms with E-state index in [4.69, 9.17) is 5.26 Å². The molecular formula is C14H18N2O. The summed E-state index contributed by atoms with van der Waals surface area (Å²) in [5.41, 5.74) is 1.64. The minimum atomic E-state index is 0.0585. The second kappa shape index (κ2) is 6.05. The number of ketones is 1. The topological polar surface area (TPSA) is 44.1 Å². The molecular weight excluding hydrogens is 212 g/mol. The fourth-order valence-corrected chi connectivity index (χ4v) is 1.85. The highest BCUT2D eigenvalue weighted by Gasteiger charge is 2.15. The van der Waals surface area contributed by atoms with Crippen LogP contribution in [0.15, 0.2) is 24.3 Å². The third-order valence-electron chi connectivity index (χ3n) is 2.68. The average Bonchev–Trinajstić information content (AvgIpc) is 2.29. The summed E-state index contributed by atoms with van der Waals surface area (Å²) in [6.07, 6.45) is 0.463. The second-order valence-electron chi connectivity index (χ2n) is 4.27. The maximum Gasteiger partial charge on any atom is 0.161 e. The number of hydrogen-bond donors (Lipinski definition) is 0. The third kappa shape index (κ3) is 3.32. The van der Waals surface area contributed by atoms with E-state index in [1.807, 2.05) is 24.3 Å². The summed E-state index contributed by atoms with van der Waals surface area (Å²) in [5, 5.41) is 8.68. The summed E-state index contributed by atoms with van der Waals surface area (Å²) in [7, 11) is 0. The molecule has 3 heteroatoms. The van der Waals surface area contributed by atoms with Gasteiger partial charge in [-0.15, -0.1) is 0 Å². The van der Waals surface area contributed by atoms with Crippen LogP contribution >= 0.6 is 0 Å². The first-order chi connectivity index (χ1) is 8.07. The van der Waals surface area contributed by atoms with Gasteiger partial charge >= 0.3 is 0 Å². The molecule has 0 N–H and O–H groups in total. The molecule has 0 spiro atoms. The number of anilines is 1. The van der Waals surface area contributed by atoms with Crippen molar-refractivity contribution in [2.75, 3.05) is 11.4 Å². The Balaban J connectivity index is 3.10. The molecule has 0 fully saturated rings. The van der Waals surface area contributed by atoms with Crippen molar-refractivity contribution in [2.45, 2.75) is 33.2 Å². The Bertz CT molecular complexity index is 432. The highest BCUT2D eigenvalue weighted by Crippen LogP contribution is 2.23. The molecule has 0 unspecified atom stereocenters. The normalized spacial score (nSPS) is 10.1. The summed E-state index contributed by atoms with van der Waals surface area (Å²) in [5.74, 6) is 0.0585. The maximum atomic E-state index is 11.6. The number of rotatable bonds is 5. The summed E-state index contributed by atoms with van der Waals surface area (Å²) in [4.78, 5) is 13.7. The summed E-state index contributed by atoms with van der Waals surface area (Å²) in [6.45, 7) is 6.35. The molecule has 17 heavy (non-hydrogen) atoms. The number of Topliss-reactive ketones (excluding diaryl/α,β-unsaturated/α-hetero) is 1. The fourth-order valence-electron chi connectivity index (χ4n) is 1.85. The first-order valence-electron chi connectivity index (χ1n) is 5.81. The van der Waals surface area contributed by atoms with Gasteiger partial charge in [-0.05, 0) is 32.9 Å². The maximum absolute atomic E-state index is 11.6. The molecule has 0 bridgehead atoms. The highest BCUT2D eigenvalue weighted by molar-refractivity contribution is 5.99. The number of nitrogens with zero attached hydrogens (tertiary/aromatic N) is 2. The molecule has 0 atom stereocenters. The van der Waals surface area contributed by atoms with E-state index in [1.54, 1.807) is 6.92 Å². The average molecular weight is 230 g/mol. The molecule has 1 aromatic carbocycles. The summed E-state index contributed by atoms with van der Waals surface area (Å²) < 4.78 is 0. The van der Waals surface area contributed by atoms with Gasteiger partial charge in [-0.25, -0.2) is 0 Å². The molecule has 1 aromatic rings. The Kier molecular flexibility index (Phi) is 4.71. The molecule has 1 rings (SSSR count). The van der Waals surface area contributed by atoms with Crippen LogP contribution in [0.2, 0.25) is 0 Å².